The first kappa shape index (κ1) is 16.5. The second-order valence-electron chi connectivity index (χ2n) is 6.31. The zero-order valence-corrected chi connectivity index (χ0v) is 14.5. The summed E-state index contributed by atoms with van der Waals surface area (Å²) in [5.41, 5.74) is 2.71. The highest BCUT2D eigenvalue weighted by Crippen LogP contribution is 2.30. The van der Waals surface area contributed by atoms with Gasteiger partial charge in [0.1, 0.15) is 11.5 Å². The van der Waals surface area contributed by atoms with Crippen LogP contribution in [0.4, 0.5) is 0 Å². The van der Waals surface area contributed by atoms with E-state index in [1.54, 1.807) is 22.8 Å². The molecule has 0 N–H and O–H groups in total. The van der Waals surface area contributed by atoms with Gasteiger partial charge in [-0.05, 0) is 12.1 Å². The summed E-state index contributed by atoms with van der Waals surface area (Å²) in [6, 6.07) is 11.7. The SMILES string of the molecule is CC(=O)N1CCO[C@H](Cn2cc(-c3ccccc3-c3ccco3)nn2)C1. The van der Waals surface area contributed by atoms with Crippen molar-refractivity contribution in [2.75, 3.05) is 19.7 Å². The summed E-state index contributed by atoms with van der Waals surface area (Å²) in [6.07, 6.45) is 3.48. The highest BCUT2D eigenvalue weighted by atomic mass is 16.5. The number of furan rings is 1. The molecule has 3 aromatic rings. The monoisotopic (exact) mass is 352 g/mol. The van der Waals surface area contributed by atoms with Gasteiger partial charge in [-0.25, -0.2) is 4.68 Å². The van der Waals surface area contributed by atoms with E-state index in [4.69, 9.17) is 9.15 Å². The fourth-order valence-electron chi connectivity index (χ4n) is 3.19. The Labute approximate surface area is 151 Å². The molecule has 7 heteroatoms. The normalized spacial score (nSPS) is 17.4. The molecule has 0 spiro atoms. The van der Waals surface area contributed by atoms with Crippen LogP contribution in [-0.4, -0.2) is 51.6 Å². The average Bonchev–Trinajstić information content (AvgIpc) is 3.34. The van der Waals surface area contributed by atoms with Gasteiger partial charge in [0.2, 0.25) is 5.91 Å². The standard InChI is InChI=1S/C19H20N4O3/c1-14(24)22-8-10-25-15(11-22)12-23-13-18(20-21-23)16-5-2-3-6-17(16)19-7-4-9-26-19/h2-7,9,13,15H,8,10-12H2,1H3/t15-/m0/s1. The summed E-state index contributed by atoms with van der Waals surface area (Å²) >= 11 is 0. The van der Waals surface area contributed by atoms with Gasteiger partial charge in [0, 0.05) is 31.1 Å². The lowest BCUT2D eigenvalue weighted by atomic mass is 10.0. The molecule has 1 amide bonds. The summed E-state index contributed by atoms with van der Waals surface area (Å²) in [7, 11) is 0. The van der Waals surface area contributed by atoms with Crippen molar-refractivity contribution >= 4 is 5.91 Å². The molecular formula is C19H20N4O3. The number of morpholine rings is 1. The molecule has 2 aromatic heterocycles. The molecule has 0 saturated carbocycles. The summed E-state index contributed by atoms with van der Waals surface area (Å²) in [4.78, 5) is 13.4. The minimum absolute atomic E-state index is 0.0740. The number of aromatic nitrogens is 3. The Kier molecular flexibility index (Phi) is 4.53. The van der Waals surface area contributed by atoms with E-state index in [1.807, 2.05) is 42.6 Å². The van der Waals surface area contributed by atoms with Crippen molar-refractivity contribution in [2.45, 2.75) is 19.6 Å². The van der Waals surface area contributed by atoms with Crippen LogP contribution in [0.15, 0.2) is 53.3 Å². The van der Waals surface area contributed by atoms with Crippen LogP contribution in [0.5, 0.6) is 0 Å². The van der Waals surface area contributed by atoms with Crippen LogP contribution in [0.1, 0.15) is 6.92 Å². The molecule has 134 valence electrons. The fraction of sp³-hybridized carbons (Fsp3) is 0.316. The number of rotatable bonds is 4. The summed E-state index contributed by atoms with van der Waals surface area (Å²) in [6.45, 7) is 3.91. The third kappa shape index (κ3) is 3.39. The molecule has 1 aliphatic heterocycles. The molecule has 1 aliphatic rings. The van der Waals surface area contributed by atoms with Gasteiger partial charge in [0.25, 0.3) is 0 Å². The Morgan fingerprint density at radius 2 is 2.08 bits per heavy atom. The lowest BCUT2D eigenvalue weighted by Gasteiger charge is -2.32. The quantitative estimate of drug-likeness (QED) is 0.721. The largest absolute Gasteiger partial charge is 0.464 e. The van der Waals surface area contributed by atoms with E-state index in [1.165, 1.54) is 0 Å². The predicted molar refractivity (Wildman–Crippen MR) is 95.2 cm³/mol. The van der Waals surface area contributed by atoms with E-state index in [-0.39, 0.29) is 12.0 Å². The molecule has 0 unspecified atom stereocenters. The number of hydrogen-bond donors (Lipinski definition) is 0. The van der Waals surface area contributed by atoms with Crippen molar-refractivity contribution in [2.24, 2.45) is 0 Å². The van der Waals surface area contributed by atoms with Gasteiger partial charge >= 0.3 is 0 Å². The van der Waals surface area contributed by atoms with Crippen LogP contribution in [0.3, 0.4) is 0 Å². The van der Waals surface area contributed by atoms with Crippen molar-refractivity contribution in [3.63, 3.8) is 0 Å². The highest BCUT2D eigenvalue weighted by molar-refractivity contribution is 5.78. The Morgan fingerprint density at radius 3 is 2.85 bits per heavy atom. The number of carbonyl (C=O) groups excluding carboxylic acids is 1. The van der Waals surface area contributed by atoms with E-state index in [0.717, 1.165) is 22.6 Å². The van der Waals surface area contributed by atoms with Crippen molar-refractivity contribution < 1.29 is 13.9 Å². The number of ether oxygens (including phenoxy) is 1. The molecule has 0 aliphatic carbocycles. The molecule has 1 aromatic carbocycles. The Hall–Kier alpha value is -2.93. The Bertz CT molecular complexity index is 888. The second-order valence-corrected chi connectivity index (χ2v) is 6.31. The first-order valence-electron chi connectivity index (χ1n) is 8.61. The van der Waals surface area contributed by atoms with Gasteiger partial charge in [-0.1, -0.05) is 29.5 Å². The molecule has 0 bridgehead atoms. The van der Waals surface area contributed by atoms with Gasteiger partial charge in [-0.3, -0.25) is 4.79 Å². The lowest BCUT2D eigenvalue weighted by Crippen LogP contribution is -2.46. The zero-order valence-electron chi connectivity index (χ0n) is 14.5. The fourth-order valence-corrected chi connectivity index (χ4v) is 3.19. The summed E-state index contributed by atoms with van der Waals surface area (Å²) < 4.78 is 13.1. The molecule has 4 rings (SSSR count). The third-order valence-corrected chi connectivity index (χ3v) is 4.50. The van der Waals surface area contributed by atoms with E-state index in [0.29, 0.717) is 26.2 Å². The van der Waals surface area contributed by atoms with E-state index in [9.17, 15) is 4.79 Å². The maximum absolute atomic E-state index is 11.6. The van der Waals surface area contributed by atoms with Crippen LogP contribution >= 0.6 is 0 Å². The smallest absolute Gasteiger partial charge is 0.219 e. The van der Waals surface area contributed by atoms with Gasteiger partial charge in [-0.15, -0.1) is 5.10 Å². The number of hydrogen-bond acceptors (Lipinski definition) is 5. The van der Waals surface area contributed by atoms with E-state index in [2.05, 4.69) is 10.3 Å². The Balaban J connectivity index is 1.53. The zero-order chi connectivity index (χ0) is 17.9. The maximum atomic E-state index is 11.6. The van der Waals surface area contributed by atoms with E-state index < -0.39 is 0 Å². The van der Waals surface area contributed by atoms with Gasteiger partial charge in [0.15, 0.2) is 0 Å². The van der Waals surface area contributed by atoms with Crippen LogP contribution in [0, 0.1) is 0 Å². The molecule has 0 radical (unpaired) electrons. The molecule has 3 heterocycles. The minimum atomic E-state index is -0.0810. The summed E-state index contributed by atoms with van der Waals surface area (Å²) in [5.74, 6) is 0.868. The predicted octanol–water partition coefficient (Wildman–Crippen LogP) is 2.45. The van der Waals surface area contributed by atoms with Crippen LogP contribution in [-0.2, 0) is 16.1 Å². The number of benzene rings is 1. The van der Waals surface area contributed by atoms with Crippen molar-refractivity contribution in [1.29, 1.82) is 0 Å². The van der Waals surface area contributed by atoms with Crippen molar-refractivity contribution in [3.8, 4) is 22.6 Å². The molecule has 1 atom stereocenters. The van der Waals surface area contributed by atoms with Crippen molar-refractivity contribution in [1.82, 2.24) is 19.9 Å². The maximum Gasteiger partial charge on any atom is 0.219 e. The van der Waals surface area contributed by atoms with Crippen LogP contribution in [0.2, 0.25) is 0 Å². The minimum Gasteiger partial charge on any atom is -0.464 e. The van der Waals surface area contributed by atoms with Gasteiger partial charge in [-0.2, -0.15) is 0 Å². The number of amides is 1. The lowest BCUT2D eigenvalue weighted by molar-refractivity contribution is -0.136. The second kappa shape index (κ2) is 7.13. The van der Waals surface area contributed by atoms with Crippen LogP contribution < -0.4 is 0 Å². The van der Waals surface area contributed by atoms with Gasteiger partial charge < -0.3 is 14.1 Å². The van der Waals surface area contributed by atoms with Crippen LogP contribution in [0.25, 0.3) is 22.6 Å². The molecule has 26 heavy (non-hydrogen) atoms. The number of nitrogens with zero attached hydrogens (tertiary/aromatic N) is 4. The van der Waals surface area contributed by atoms with E-state index >= 15 is 0 Å². The van der Waals surface area contributed by atoms with Gasteiger partial charge in [0.05, 0.1) is 31.7 Å². The van der Waals surface area contributed by atoms with Crippen molar-refractivity contribution in [3.05, 3.63) is 48.9 Å². The topological polar surface area (TPSA) is 73.4 Å². The average molecular weight is 352 g/mol. The Morgan fingerprint density at radius 1 is 1.23 bits per heavy atom. The molecule has 1 fully saturated rings. The summed E-state index contributed by atoms with van der Waals surface area (Å²) in [5, 5.41) is 8.54. The number of carbonyl (C=O) groups is 1. The first-order chi connectivity index (χ1) is 12.7. The molecular weight excluding hydrogens is 332 g/mol. The molecule has 7 nitrogen and oxygen atoms in total. The third-order valence-electron chi connectivity index (χ3n) is 4.50. The first-order valence-corrected chi connectivity index (χ1v) is 8.61. The molecule has 1 saturated heterocycles. The highest BCUT2D eigenvalue weighted by Gasteiger charge is 2.23.